The summed E-state index contributed by atoms with van der Waals surface area (Å²) < 4.78 is 5.80. The Labute approximate surface area is 269 Å². The van der Waals surface area contributed by atoms with E-state index in [0.29, 0.717) is 31.1 Å². The van der Waals surface area contributed by atoms with Crippen molar-refractivity contribution in [1.29, 1.82) is 5.41 Å². The molecule has 1 aliphatic rings. The molecule has 242 valence electrons. The minimum Gasteiger partial charge on any atom is -0.388 e. The van der Waals surface area contributed by atoms with Crippen molar-refractivity contribution in [2.24, 2.45) is 5.73 Å². The van der Waals surface area contributed by atoms with Crippen LogP contribution in [0.25, 0.3) is 10.8 Å². The fraction of sp³-hybridized carbons (Fsp3) is 0.353. The number of piperidine rings is 1. The Balaban J connectivity index is 1.47. The van der Waals surface area contributed by atoms with Crippen LogP contribution >= 0.6 is 8.15 Å². The van der Waals surface area contributed by atoms with E-state index in [-0.39, 0.29) is 38.2 Å². The lowest BCUT2D eigenvalue weighted by molar-refractivity contribution is -0.144. The van der Waals surface area contributed by atoms with Crippen molar-refractivity contribution in [2.45, 2.75) is 56.7 Å². The third-order valence-electron chi connectivity index (χ3n) is 7.99. The van der Waals surface area contributed by atoms with Gasteiger partial charge in [-0.15, -0.1) is 0 Å². The van der Waals surface area contributed by atoms with Gasteiger partial charge < -0.3 is 30.6 Å². The maximum absolute atomic E-state index is 14.0. The number of hydrogen-bond donors (Lipinski definition) is 4. The Bertz CT molecular complexity index is 1560. The molecule has 1 heterocycles. The summed E-state index contributed by atoms with van der Waals surface area (Å²) in [4.78, 5) is 67.0. The number of amidine groups is 1. The van der Waals surface area contributed by atoms with E-state index in [4.69, 9.17) is 15.7 Å². The van der Waals surface area contributed by atoms with Gasteiger partial charge in [0.25, 0.3) is 5.91 Å². The van der Waals surface area contributed by atoms with Gasteiger partial charge in [0.2, 0.25) is 11.8 Å². The molecule has 0 aromatic heterocycles. The van der Waals surface area contributed by atoms with Crippen LogP contribution in [0, 0.1) is 5.41 Å². The lowest BCUT2D eigenvalue weighted by Crippen LogP contribution is -2.59. The monoisotopic (exact) mass is 645 g/mol. The third-order valence-corrected chi connectivity index (χ3v) is 9.53. The molecule has 1 fully saturated rings. The summed E-state index contributed by atoms with van der Waals surface area (Å²) in [5, 5.41) is 15.8. The fourth-order valence-electron chi connectivity index (χ4n) is 5.49. The van der Waals surface area contributed by atoms with Gasteiger partial charge in [-0.3, -0.25) is 24.6 Å². The summed E-state index contributed by atoms with van der Waals surface area (Å²) >= 11 is 0. The highest BCUT2D eigenvalue weighted by atomic mass is 31.1. The zero-order valence-electron chi connectivity index (χ0n) is 25.8. The van der Waals surface area contributed by atoms with Crippen molar-refractivity contribution in [3.05, 3.63) is 78.4 Å². The van der Waals surface area contributed by atoms with Crippen LogP contribution in [0.15, 0.2) is 72.8 Å². The van der Waals surface area contributed by atoms with Crippen LogP contribution in [0.5, 0.6) is 0 Å². The number of aldehydes is 1. The SMILES string of the molecule is CP(OCC(=O)C(CC=O)NC(=O)C1CCCCN1C(=O)C(CCC(=N)N)NC(=O)c1cccc2ccccc12)c1ccccc1. The average molecular weight is 646 g/mol. The summed E-state index contributed by atoms with van der Waals surface area (Å²) in [5.41, 5.74) is 6.01. The molecular formula is C34H40N5O6P. The van der Waals surface area contributed by atoms with E-state index in [0.717, 1.165) is 16.1 Å². The number of carbonyl (C=O) groups is 5. The van der Waals surface area contributed by atoms with Gasteiger partial charge in [-0.25, -0.2) is 0 Å². The van der Waals surface area contributed by atoms with Crippen LogP contribution in [0.4, 0.5) is 0 Å². The fourth-order valence-corrected chi connectivity index (χ4v) is 6.56. The Hall–Kier alpha value is -4.47. The van der Waals surface area contributed by atoms with Crippen LogP contribution in [-0.2, 0) is 23.7 Å². The molecule has 3 amide bonds. The largest absolute Gasteiger partial charge is 0.388 e. The molecule has 5 N–H and O–H groups in total. The highest BCUT2D eigenvalue weighted by Crippen LogP contribution is 2.30. The van der Waals surface area contributed by atoms with Gasteiger partial charge in [0, 0.05) is 30.3 Å². The summed E-state index contributed by atoms with van der Waals surface area (Å²) in [6.45, 7) is 1.86. The normalized spacial score (nSPS) is 16.5. The van der Waals surface area contributed by atoms with Gasteiger partial charge >= 0.3 is 0 Å². The molecule has 12 heteroatoms. The molecular weight excluding hydrogens is 605 g/mol. The zero-order chi connectivity index (χ0) is 33.1. The first-order chi connectivity index (χ1) is 22.2. The molecule has 0 bridgehead atoms. The quantitative estimate of drug-likeness (QED) is 0.0851. The number of benzene rings is 3. The Morgan fingerprint density at radius 1 is 1.00 bits per heavy atom. The van der Waals surface area contributed by atoms with Gasteiger partial charge in [0.05, 0.1) is 20.0 Å². The molecule has 3 aromatic rings. The van der Waals surface area contributed by atoms with Crippen LogP contribution < -0.4 is 21.7 Å². The number of carbonyl (C=O) groups excluding carboxylic acids is 5. The van der Waals surface area contributed by atoms with Crippen LogP contribution in [0.1, 0.15) is 48.9 Å². The Kier molecular flexibility index (Phi) is 12.5. The van der Waals surface area contributed by atoms with Gasteiger partial charge in [0.1, 0.15) is 25.0 Å². The molecule has 4 rings (SSSR count). The average Bonchev–Trinajstić information content (AvgIpc) is 3.08. The first kappa shape index (κ1) is 34.4. The predicted octanol–water partition coefficient (Wildman–Crippen LogP) is 3.05. The molecule has 0 radical (unpaired) electrons. The van der Waals surface area contributed by atoms with Gasteiger partial charge in [0.15, 0.2) is 5.78 Å². The second kappa shape index (κ2) is 16.7. The summed E-state index contributed by atoms with van der Waals surface area (Å²) in [6, 6.07) is 19.1. The smallest absolute Gasteiger partial charge is 0.252 e. The highest BCUT2D eigenvalue weighted by molar-refractivity contribution is 7.60. The standard InChI is InChI=1S/C34H40N5O6P/c1-46(24-12-3-2-4-13-24)45-22-30(41)27(19-21-40)37-33(43)29-16-7-8-20-39(29)34(44)28(17-18-31(35)36)38-32(42)26-15-9-11-23-10-5-6-14-25(23)26/h2-6,9-15,21,27-29H,7-8,16-20,22H2,1H3,(H3,35,36)(H,37,43)(H,38,42). The second-order valence-electron chi connectivity index (χ2n) is 11.2. The number of Topliss-reactive ketones (excluding diaryl/α,β-unsaturated/α-hetero) is 1. The number of fused-ring (bicyclic) bond motifs is 1. The first-order valence-corrected chi connectivity index (χ1v) is 17.0. The van der Waals surface area contributed by atoms with Crippen molar-refractivity contribution < 1.29 is 28.5 Å². The van der Waals surface area contributed by atoms with Crippen molar-refractivity contribution >= 4 is 59.9 Å². The molecule has 11 nitrogen and oxygen atoms in total. The van der Waals surface area contributed by atoms with Gasteiger partial charge in [-0.2, -0.15) is 0 Å². The minimum absolute atomic E-state index is 0.0653. The maximum Gasteiger partial charge on any atom is 0.252 e. The van der Waals surface area contributed by atoms with Gasteiger partial charge in [-0.1, -0.05) is 66.7 Å². The van der Waals surface area contributed by atoms with E-state index < -0.39 is 49.8 Å². The van der Waals surface area contributed by atoms with E-state index in [9.17, 15) is 24.0 Å². The third kappa shape index (κ3) is 9.05. The van der Waals surface area contributed by atoms with E-state index in [2.05, 4.69) is 10.6 Å². The van der Waals surface area contributed by atoms with E-state index >= 15 is 0 Å². The van der Waals surface area contributed by atoms with Crippen molar-refractivity contribution in [3.63, 3.8) is 0 Å². The number of nitrogens with two attached hydrogens (primary N) is 1. The number of nitrogens with one attached hydrogen (secondary N) is 3. The van der Waals surface area contributed by atoms with Crippen molar-refractivity contribution in [2.75, 3.05) is 19.8 Å². The van der Waals surface area contributed by atoms with E-state index in [1.807, 2.05) is 67.3 Å². The Morgan fingerprint density at radius 2 is 1.72 bits per heavy atom. The summed E-state index contributed by atoms with van der Waals surface area (Å²) in [7, 11) is -1.07. The number of likely N-dealkylation sites (tertiary alicyclic amines) is 1. The first-order valence-electron chi connectivity index (χ1n) is 15.3. The molecule has 4 unspecified atom stereocenters. The minimum atomic E-state index is -1.11. The van der Waals surface area contributed by atoms with Crippen LogP contribution in [0.3, 0.4) is 0 Å². The number of nitrogens with zero attached hydrogens (tertiary/aromatic N) is 1. The molecule has 3 aromatic carbocycles. The van der Waals surface area contributed by atoms with Gasteiger partial charge in [-0.05, 0) is 49.2 Å². The number of hydrogen-bond acceptors (Lipinski definition) is 7. The molecule has 0 spiro atoms. The van der Waals surface area contributed by atoms with E-state index in [1.54, 1.807) is 12.1 Å². The summed E-state index contributed by atoms with van der Waals surface area (Å²) in [5.74, 6) is -2.07. The molecule has 4 atom stereocenters. The van der Waals surface area contributed by atoms with Crippen molar-refractivity contribution in [3.8, 4) is 0 Å². The molecule has 1 aliphatic heterocycles. The molecule has 0 aliphatic carbocycles. The lowest BCUT2D eigenvalue weighted by Gasteiger charge is -2.37. The second-order valence-corrected chi connectivity index (χ2v) is 13.0. The number of amides is 3. The lowest BCUT2D eigenvalue weighted by atomic mass is 9.97. The number of ketones is 1. The Morgan fingerprint density at radius 3 is 2.46 bits per heavy atom. The highest BCUT2D eigenvalue weighted by Gasteiger charge is 2.37. The zero-order valence-corrected chi connectivity index (χ0v) is 26.7. The molecule has 1 saturated heterocycles. The molecule has 0 saturated carbocycles. The van der Waals surface area contributed by atoms with Crippen LogP contribution in [0.2, 0.25) is 0 Å². The van der Waals surface area contributed by atoms with Crippen LogP contribution in [-0.4, -0.2) is 78.5 Å². The predicted molar refractivity (Wildman–Crippen MR) is 178 cm³/mol. The van der Waals surface area contributed by atoms with Crippen molar-refractivity contribution in [1.82, 2.24) is 15.5 Å². The van der Waals surface area contributed by atoms with E-state index in [1.165, 1.54) is 4.90 Å². The maximum atomic E-state index is 14.0. The topological polar surface area (TPSA) is 172 Å². The molecule has 46 heavy (non-hydrogen) atoms. The number of rotatable bonds is 15. The summed E-state index contributed by atoms with van der Waals surface area (Å²) in [6.07, 6.45) is 2.14.